The van der Waals surface area contributed by atoms with Crippen molar-refractivity contribution in [3.63, 3.8) is 0 Å². The maximum Gasteiger partial charge on any atom is 0.472 e. The summed E-state index contributed by atoms with van der Waals surface area (Å²) in [4.78, 5) is 20.7. The second-order valence-electron chi connectivity index (χ2n) is 4.19. The van der Waals surface area contributed by atoms with Crippen molar-refractivity contribution in [3.8, 4) is 0 Å². The first kappa shape index (κ1) is 19.1. The molecule has 0 aliphatic heterocycles. The van der Waals surface area contributed by atoms with E-state index in [9.17, 15) is 14.3 Å². The van der Waals surface area contributed by atoms with E-state index in [-0.39, 0.29) is 30.4 Å². The topological polar surface area (TPSA) is 82.1 Å². The summed E-state index contributed by atoms with van der Waals surface area (Å²) in [5.74, 6) is 0.265. The van der Waals surface area contributed by atoms with Gasteiger partial charge in [-0.2, -0.15) is 0 Å². The van der Waals surface area contributed by atoms with Gasteiger partial charge in [0.2, 0.25) is 0 Å². The van der Waals surface area contributed by atoms with Crippen molar-refractivity contribution in [1.82, 2.24) is 0 Å². The number of carbonyl (C=O) groups is 1. The Bertz CT molecular complexity index is 306. The highest BCUT2D eigenvalue weighted by Gasteiger charge is 2.22. The second-order valence-corrected chi connectivity index (χ2v) is 6.74. The number of rotatable bonds is 10. The van der Waals surface area contributed by atoms with Crippen molar-refractivity contribution < 1.29 is 28.0 Å². The number of methoxy groups -OCH3 is 1. The molecule has 19 heavy (non-hydrogen) atoms. The van der Waals surface area contributed by atoms with Gasteiger partial charge in [0, 0.05) is 18.8 Å². The number of hydrogen-bond acceptors (Lipinski definition) is 6. The number of ether oxygens (including phenoxy) is 1. The van der Waals surface area contributed by atoms with Crippen LogP contribution in [0.3, 0.4) is 0 Å². The van der Waals surface area contributed by atoms with Gasteiger partial charge in [0.1, 0.15) is 0 Å². The zero-order valence-electron chi connectivity index (χ0n) is 11.8. The largest absolute Gasteiger partial charge is 0.472 e. The Kier molecular flexibility index (Phi) is 9.96. The van der Waals surface area contributed by atoms with Gasteiger partial charge in [-0.05, 0) is 6.42 Å². The smallest absolute Gasteiger partial charge is 0.379 e. The Morgan fingerprint density at radius 2 is 2.00 bits per heavy atom. The van der Waals surface area contributed by atoms with E-state index in [1.54, 1.807) is 13.8 Å². The van der Waals surface area contributed by atoms with E-state index < -0.39 is 7.82 Å². The third kappa shape index (κ3) is 9.60. The van der Waals surface area contributed by atoms with Crippen LogP contribution in [0.5, 0.6) is 0 Å². The highest BCUT2D eigenvalue weighted by Crippen LogP contribution is 2.43. The quantitative estimate of drug-likeness (QED) is 0.490. The zero-order valence-corrected chi connectivity index (χ0v) is 13.5. The van der Waals surface area contributed by atoms with E-state index in [1.807, 2.05) is 6.92 Å². The van der Waals surface area contributed by atoms with Gasteiger partial charge in [-0.3, -0.25) is 13.8 Å². The van der Waals surface area contributed by atoms with Crippen LogP contribution in [-0.2, 0) is 23.1 Å². The molecule has 0 aromatic rings. The van der Waals surface area contributed by atoms with E-state index in [4.69, 9.17) is 13.8 Å². The van der Waals surface area contributed by atoms with Gasteiger partial charge in [0.05, 0.1) is 19.3 Å². The standard InChI is InChI=1S/C11H23O6PS/c1-5-10(15-4)8-17-18(13,14)16-6-7-19-11(12)9(2)3/h9-10H,5-8H2,1-4H3,(H,13,14). The summed E-state index contributed by atoms with van der Waals surface area (Å²) in [7, 11) is -2.55. The molecule has 2 atom stereocenters. The summed E-state index contributed by atoms with van der Waals surface area (Å²) < 4.78 is 26.1. The lowest BCUT2D eigenvalue weighted by Gasteiger charge is -2.16. The third-order valence-electron chi connectivity index (χ3n) is 2.27. The second kappa shape index (κ2) is 9.91. The van der Waals surface area contributed by atoms with Crippen LogP contribution in [0.25, 0.3) is 0 Å². The van der Waals surface area contributed by atoms with Crippen molar-refractivity contribution in [2.45, 2.75) is 33.3 Å². The predicted molar refractivity (Wildman–Crippen MR) is 75.1 cm³/mol. The fourth-order valence-corrected chi connectivity index (χ4v) is 2.60. The number of thioether (sulfide) groups is 1. The van der Waals surface area contributed by atoms with Crippen LogP contribution in [-0.4, -0.2) is 42.2 Å². The maximum atomic E-state index is 11.5. The molecule has 114 valence electrons. The van der Waals surface area contributed by atoms with Crippen molar-refractivity contribution in [2.75, 3.05) is 26.1 Å². The lowest BCUT2D eigenvalue weighted by Crippen LogP contribution is -2.16. The van der Waals surface area contributed by atoms with Gasteiger partial charge in [0.15, 0.2) is 5.12 Å². The van der Waals surface area contributed by atoms with E-state index in [0.717, 1.165) is 11.8 Å². The Balaban J connectivity index is 3.85. The van der Waals surface area contributed by atoms with Crippen molar-refractivity contribution in [1.29, 1.82) is 0 Å². The molecule has 1 N–H and O–H groups in total. The predicted octanol–water partition coefficient (Wildman–Crippen LogP) is 2.46. The van der Waals surface area contributed by atoms with Crippen LogP contribution in [0.1, 0.15) is 27.2 Å². The lowest BCUT2D eigenvalue weighted by molar-refractivity contribution is -0.113. The molecule has 0 amide bonds. The van der Waals surface area contributed by atoms with Gasteiger partial charge in [-0.1, -0.05) is 32.5 Å². The highest BCUT2D eigenvalue weighted by molar-refractivity contribution is 8.13. The molecule has 0 aromatic carbocycles. The van der Waals surface area contributed by atoms with Gasteiger partial charge in [0.25, 0.3) is 0 Å². The summed E-state index contributed by atoms with van der Waals surface area (Å²) in [6.07, 6.45) is 0.441. The van der Waals surface area contributed by atoms with Crippen molar-refractivity contribution in [3.05, 3.63) is 0 Å². The molecular formula is C11H23O6PS. The molecule has 0 aliphatic rings. The van der Waals surface area contributed by atoms with Gasteiger partial charge in [-0.15, -0.1) is 0 Å². The van der Waals surface area contributed by atoms with E-state index in [0.29, 0.717) is 12.2 Å². The SMILES string of the molecule is CCC(COP(=O)(O)OCCSC(=O)C(C)C)OC. The molecular weight excluding hydrogens is 291 g/mol. The number of phosphoric ester groups is 1. The number of phosphoric acid groups is 1. The average Bonchev–Trinajstić information content (AvgIpc) is 2.35. The summed E-state index contributed by atoms with van der Waals surface area (Å²) in [5.41, 5.74) is 0. The Labute approximate surface area is 118 Å². The van der Waals surface area contributed by atoms with Crippen LogP contribution in [0.4, 0.5) is 0 Å². The Morgan fingerprint density at radius 1 is 1.37 bits per heavy atom. The minimum absolute atomic E-state index is 0.00115. The van der Waals surface area contributed by atoms with Crippen LogP contribution >= 0.6 is 19.6 Å². The average molecular weight is 314 g/mol. The van der Waals surface area contributed by atoms with Crippen LogP contribution in [0.2, 0.25) is 0 Å². The molecule has 8 heteroatoms. The number of hydrogen-bond donors (Lipinski definition) is 1. The molecule has 0 radical (unpaired) electrons. The van der Waals surface area contributed by atoms with Crippen LogP contribution in [0.15, 0.2) is 0 Å². The minimum atomic E-state index is -4.06. The first-order valence-electron chi connectivity index (χ1n) is 6.13. The Morgan fingerprint density at radius 3 is 2.47 bits per heavy atom. The summed E-state index contributed by atoms with van der Waals surface area (Å²) in [5, 5.41) is 0.0303. The molecule has 0 spiro atoms. The molecule has 0 saturated heterocycles. The van der Waals surface area contributed by atoms with E-state index in [2.05, 4.69) is 0 Å². The van der Waals surface area contributed by atoms with Gasteiger partial charge < -0.3 is 9.63 Å². The maximum absolute atomic E-state index is 11.5. The molecule has 6 nitrogen and oxygen atoms in total. The molecule has 0 bridgehead atoms. The monoisotopic (exact) mass is 314 g/mol. The van der Waals surface area contributed by atoms with Crippen LogP contribution < -0.4 is 0 Å². The molecule has 0 heterocycles. The fraction of sp³-hybridized carbons (Fsp3) is 0.909. The lowest BCUT2D eigenvalue weighted by atomic mass is 10.3. The fourth-order valence-electron chi connectivity index (χ4n) is 1.03. The highest BCUT2D eigenvalue weighted by atomic mass is 32.2. The molecule has 0 aromatic heterocycles. The zero-order chi connectivity index (χ0) is 14.9. The molecule has 0 saturated carbocycles. The third-order valence-corrected chi connectivity index (χ3v) is 4.38. The first-order valence-corrected chi connectivity index (χ1v) is 8.61. The van der Waals surface area contributed by atoms with Crippen LogP contribution in [0, 0.1) is 5.92 Å². The summed E-state index contributed by atoms with van der Waals surface area (Å²) >= 11 is 1.08. The van der Waals surface area contributed by atoms with Gasteiger partial charge in [-0.25, -0.2) is 4.57 Å². The summed E-state index contributed by atoms with van der Waals surface area (Å²) in [6, 6.07) is 0. The molecule has 0 fully saturated rings. The normalized spacial score (nSPS) is 16.3. The Hall–Kier alpha value is 0.0900. The van der Waals surface area contributed by atoms with E-state index >= 15 is 0 Å². The van der Waals surface area contributed by atoms with E-state index in [1.165, 1.54) is 7.11 Å². The molecule has 0 aliphatic carbocycles. The van der Waals surface area contributed by atoms with Crippen molar-refractivity contribution in [2.24, 2.45) is 5.92 Å². The number of carbonyl (C=O) groups excluding carboxylic acids is 1. The first-order chi connectivity index (χ1) is 8.82. The van der Waals surface area contributed by atoms with Crippen molar-refractivity contribution >= 4 is 24.7 Å². The molecule has 0 rings (SSSR count). The summed E-state index contributed by atoms with van der Waals surface area (Å²) in [6.45, 7) is 5.46. The molecule has 2 unspecified atom stereocenters. The minimum Gasteiger partial charge on any atom is -0.379 e. The van der Waals surface area contributed by atoms with Gasteiger partial charge >= 0.3 is 7.82 Å².